The zero-order valence-electron chi connectivity index (χ0n) is 9.57. The summed E-state index contributed by atoms with van der Waals surface area (Å²) in [6.07, 6.45) is 5.24. The largest absolute Gasteiger partial charge is 0.278 e. The van der Waals surface area contributed by atoms with Crippen molar-refractivity contribution in [1.29, 1.82) is 5.26 Å². The van der Waals surface area contributed by atoms with E-state index in [9.17, 15) is 8.42 Å². The van der Waals surface area contributed by atoms with Crippen molar-refractivity contribution in [2.45, 2.75) is 45.1 Å². The van der Waals surface area contributed by atoms with Gasteiger partial charge in [-0.05, 0) is 18.8 Å². The van der Waals surface area contributed by atoms with Crippen LogP contribution in [0.25, 0.3) is 0 Å². The summed E-state index contributed by atoms with van der Waals surface area (Å²) in [6, 6.07) is 1.46. The van der Waals surface area contributed by atoms with Crippen molar-refractivity contribution in [3.05, 3.63) is 0 Å². The van der Waals surface area contributed by atoms with Crippen LogP contribution in [0.4, 0.5) is 0 Å². The molecule has 0 aromatic heterocycles. The lowest BCUT2D eigenvalue weighted by Gasteiger charge is -2.26. The SMILES string of the molecule is CCNS(=O)(=O)NC(C#N)C1CCCCC1. The van der Waals surface area contributed by atoms with Gasteiger partial charge < -0.3 is 0 Å². The van der Waals surface area contributed by atoms with Crippen molar-refractivity contribution in [3.8, 4) is 6.07 Å². The normalized spacial score (nSPS) is 20.2. The molecule has 0 bridgehead atoms. The Morgan fingerprint density at radius 2 is 2.00 bits per heavy atom. The van der Waals surface area contributed by atoms with Crippen molar-refractivity contribution in [2.75, 3.05) is 6.54 Å². The van der Waals surface area contributed by atoms with E-state index < -0.39 is 16.3 Å². The number of nitrogens with one attached hydrogen (secondary N) is 2. The first-order valence-electron chi connectivity index (χ1n) is 5.75. The molecule has 1 aliphatic rings. The summed E-state index contributed by atoms with van der Waals surface area (Å²) in [4.78, 5) is 0. The molecule has 1 saturated carbocycles. The molecule has 0 saturated heterocycles. The molecule has 1 rings (SSSR count). The minimum atomic E-state index is -3.51. The van der Waals surface area contributed by atoms with Gasteiger partial charge in [0.15, 0.2) is 0 Å². The second kappa shape index (κ2) is 6.18. The van der Waals surface area contributed by atoms with E-state index in [4.69, 9.17) is 5.26 Å². The molecule has 1 fully saturated rings. The third kappa shape index (κ3) is 4.08. The molecule has 0 heterocycles. The Morgan fingerprint density at radius 3 is 2.50 bits per heavy atom. The van der Waals surface area contributed by atoms with Gasteiger partial charge in [0.2, 0.25) is 0 Å². The molecule has 16 heavy (non-hydrogen) atoms. The number of rotatable bonds is 5. The minimum absolute atomic E-state index is 0.159. The molecule has 92 valence electrons. The highest BCUT2D eigenvalue weighted by atomic mass is 32.2. The number of hydrogen-bond donors (Lipinski definition) is 2. The maximum absolute atomic E-state index is 11.5. The summed E-state index contributed by atoms with van der Waals surface area (Å²) in [5, 5.41) is 9.01. The Bertz CT molecular complexity index is 342. The maximum atomic E-state index is 11.5. The van der Waals surface area contributed by atoms with Gasteiger partial charge >= 0.3 is 0 Å². The van der Waals surface area contributed by atoms with Gasteiger partial charge in [-0.15, -0.1) is 0 Å². The quantitative estimate of drug-likeness (QED) is 0.755. The Kier molecular flexibility index (Phi) is 5.19. The first-order valence-corrected chi connectivity index (χ1v) is 7.24. The van der Waals surface area contributed by atoms with Crippen molar-refractivity contribution in [2.24, 2.45) is 5.92 Å². The number of hydrogen-bond acceptors (Lipinski definition) is 3. The van der Waals surface area contributed by atoms with Gasteiger partial charge in [0.25, 0.3) is 10.2 Å². The van der Waals surface area contributed by atoms with Gasteiger partial charge in [-0.3, -0.25) is 0 Å². The summed E-state index contributed by atoms with van der Waals surface area (Å²) in [5.41, 5.74) is 0. The van der Waals surface area contributed by atoms with Crippen LogP contribution >= 0.6 is 0 Å². The molecule has 0 spiro atoms. The number of nitriles is 1. The molecule has 6 heteroatoms. The Balaban J connectivity index is 2.58. The highest BCUT2D eigenvalue weighted by Crippen LogP contribution is 2.26. The van der Waals surface area contributed by atoms with E-state index in [2.05, 4.69) is 15.5 Å². The molecule has 5 nitrogen and oxygen atoms in total. The average molecular weight is 245 g/mol. The zero-order chi connectivity index (χ0) is 12.0. The highest BCUT2D eigenvalue weighted by molar-refractivity contribution is 7.87. The molecule has 0 aliphatic heterocycles. The zero-order valence-corrected chi connectivity index (χ0v) is 10.4. The molecule has 0 aromatic carbocycles. The second-order valence-electron chi connectivity index (χ2n) is 4.12. The van der Waals surface area contributed by atoms with Crippen LogP contribution in [0.1, 0.15) is 39.0 Å². The fourth-order valence-corrected chi connectivity index (χ4v) is 3.14. The molecular weight excluding hydrogens is 226 g/mol. The van der Waals surface area contributed by atoms with Crippen LogP contribution < -0.4 is 9.44 Å². The second-order valence-corrected chi connectivity index (χ2v) is 5.66. The van der Waals surface area contributed by atoms with Crippen molar-refractivity contribution >= 4 is 10.2 Å². The van der Waals surface area contributed by atoms with Crippen LogP contribution in [0.3, 0.4) is 0 Å². The first-order chi connectivity index (χ1) is 7.59. The molecule has 0 amide bonds. The smallest absolute Gasteiger partial charge is 0.203 e. The fourth-order valence-electron chi connectivity index (χ4n) is 2.09. The molecule has 1 unspecified atom stereocenters. The lowest BCUT2D eigenvalue weighted by atomic mass is 9.85. The van der Waals surface area contributed by atoms with Gasteiger partial charge in [-0.25, -0.2) is 4.72 Å². The summed E-state index contributed by atoms with van der Waals surface area (Å²) in [6.45, 7) is 2.04. The van der Waals surface area contributed by atoms with E-state index in [0.717, 1.165) is 25.7 Å². The summed E-state index contributed by atoms with van der Waals surface area (Å²) < 4.78 is 27.7. The standard InChI is InChI=1S/C10H19N3O2S/c1-2-12-16(14,15)13-10(8-11)9-6-4-3-5-7-9/h9-10,12-13H,2-7H2,1H3. The van der Waals surface area contributed by atoms with Gasteiger partial charge in [0.1, 0.15) is 6.04 Å². The van der Waals surface area contributed by atoms with Gasteiger partial charge in [-0.1, -0.05) is 26.2 Å². The predicted molar refractivity (Wildman–Crippen MR) is 61.7 cm³/mol. The van der Waals surface area contributed by atoms with Gasteiger partial charge in [0.05, 0.1) is 6.07 Å². The molecule has 0 aromatic rings. The fraction of sp³-hybridized carbons (Fsp3) is 0.900. The van der Waals surface area contributed by atoms with E-state index in [1.165, 1.54) is 6.42 Å². The molecule has 1 atom stereocenters. The summed E-state index contributed by atoms with van der Waals surface area (Å²) in [7, 11) is -3.51. The Hall–Kier alpha value is -0.640. The van der Waals surface area contributed by atoms with Crippen molar-refractivity contribution in [3.63, 3.8) is 0 Å². The van der Waals surface area contributed by atoms with E-state index in [-0.39, 0.29) is 5.92 Å². The van der Waals surface area contributed by atoms with Crippen LogP contribution in [0.2, 0.25) is 0 Å². The summed E-state index contributed by atoms with van der Waals surface area (Å²) in [5.74, 6) is 0.159. The topological polar surface area (TPSA) is 82.0 Å². The van der Waals surface area contributed by atoms with Gasteiger partial charge in [0, 0.05) is 6.54 Å². The van der Waals surface area contributed by atoms with Crippen molar-refractivity contribution in [1.82, 2.24) is 9.44 Å². The third-order valence-electron chi connectivity index (χ3n) is 2.88. The molecule has 2 N–H and O–H groups in total. The van der Waals surface area contributed by atoms with Crippen molar-refractivity contribution < 1.29 is 8.42 Å². The minimum Gasteiger partial charge on any atom is -0.203 e. The highest BCUT2D eigenvalue weighted by Gasteiger charge is 2.26. The van der Waals surface area contributed by atoms with Crippen LogP contribution in [-0.2, 0) is 10.2 Å². The summed E-state index contributed by atoms with van der Waals surface area (Å²) >= 11 is 0. The van der Waals surface area contributed by atoms with Crippen LogP contribution in [0, 0.1) is 17.2 Å². The molecular formula is C10H19N3O2S. The van der Waals surface area contributed by atoms with Crippen LogP contribution in [0.15, 0.2) is 0 Å². The molecule has 0 radical (unpaired) electrons. The lowest BCUT2D eigenvalue weighted by molar-refractivity contribution is 0.323. The average Bonchev–Trinajstić information content (AvgIpc) is 2.27. The maximum Gasteiger partial charge on any atom is 0.278 e. The van der Waals surface area contributed by atoms with Crippen LogP contribution in [0.5, 0.6) is 0 Å². The monoisotopic (exact) mass is 245 g/mol. The Morgan fingerprint density at radius 1 is 1.38 bits per heavy atom. The lowest BCUT2D eigenvalue weighted by Crippen LogP contribution is -2.45. The first kappa shape index (κ1) is 13.4. The van der Waals surface area contributed by atoms with E-state index in [1.54, 1.807) is 6.92 Å². The van der Waals surface area contributed by atoms with E-state index in [1.807, 2.05) is 0 Å². The van der Waals surface area contributed by atoms with E-state index >= 15 is 0 Å². The molecule has 1 aliphatic carbocycles. The van der Waals surface area contributed by atoms with Crippen LogP contribution in [-0.4, -0.2) is 21.0 Å². The van der Waals surface area contributed by atoms with E-state index in [0.29, 0.717) is 6.54 Å². The number of nitrogens with zero attached hydrogens (tertiary/aromatic N) is 1. The predicted octanol–water partition coefficient (Wildman–Crippen LogP) is 0.903. The van der Waals surface area contributed by atoms with Gasteiger partial charge in [-0.2, -0.15) is 18.4 Å². The third-order valence-corrected chi connectivity index (χ3v) is 4.11. The Labute approximate surface area is 97.4 Å².